The van der Waals surface area contributed by atoms with Crippen LogP contribution < -0.4 is 0 Å². The van der Waals surface area contributed by atoms with E-state index in [0.29, 0.717) is 12.8 Å². The van der Waals surface area contributed by atoms with Gasteiger partial charge in [-0.1, -0.05) is 23.9 Å². The van der Waals surface area contributed by atoms with Gasteiger partial charge in [0.1, 0.15) is 0 Å². The van der Waals surface area contributed by atoms with Crippen molar-refractivity contribution in [3.63, 3.8) is 0 Å². The number of non-ortho nitro benzene ring substituents is 1. The van der Waals surface area contributed by atoms with Crippen molar-refractivity contribution in [3.8, 4) is 0 Å². The molecule has 144 valence electrons. The highest BCUT2D eigenvalue weighted by atomic mass is 32.2. The van der Waals surface area contributed by atoms with Crippen LogP contribution in [0.5, 0.6) is 0 Å². The molecule has 2 aromatic rings. The molecule has 0 aliphatic heterocycles. The van der Waals surface area contributed by atoms with Crippen LogP contribution in [-0.4, -0.2) is 39.0 Å². The largest absolute Gasteiger partial charge is 0.339 e. The van der Waals surface area contributed by atoms with Gasteiger partial charge in [0.05, 0.1) is 11.0 Å². The molecule has 0 saturated carbocycles. The van der Waals surface area contributed by atoms with Crippen LogP contribution >= 0.6 is 11.8 Å². The fraction of sp³-hybridized carbons (Fsp3) is 0.421. The minimum atomic E-state index is -0.429. The lowest BCUT2D eigenvalue weighted by molar-refractivity contribution is -0.384. The Morgan fingerprint density at radius 1 is 1.30 bits per heavy atom. The number of carbonyl (C=O) groups is 1. The number of aryl methyl sites for hydroxylation is 2. The maximum Gasteiger partial charge on any atom is 0.269 e. The summed E-state index contributed by atoms with van der Waals surface area (Å²) in [5.74, 6) is -0.0262. The molecule has 0 N–H and O–H groups in total. The van der Waals surface area contributed by atoms with Crippen molar-refractivity contribution in [1.82, 2.24) is 14.9 Å². The van der Waals surface area contributed by atoms with Crippen LogP contribution in [0.25, 0.3) is 0 Å². The summed E-state index contributed by atoms with van der Waals surface area (Å²) in [6.07, 6.45) is 2.83. The van der Waals surface area contributed by atoms with Gasteiger partial charge in [0.15, 0.2) is 5.16 Å². The summed E-state index contributed by atoms with van der Waals surface area (Å²) in [6.45, 7) is 5.73. The van der Waals surface area contributed by atoms with E-state index in [9.17, 15) is 14.9 Å². The molecule has 1 heterocycles. The number of amides is 1. The lowest BCUT2D eigenvalue weighted by Gasteiger charge is -2.25. The van der Waals surface area contributed by atoms with E-state index < -0.39 is 4.92 Å². The number of carbonyl (C=O) groups excluding carboxylic acids is 1. The van der Waals surface area contributed by atoms with E-state index in [4.69, 9.17) is 0 Å². The zero-order valence-electron chi connectivity index (χ0n) is 16.2. The molecule has 0 aliphatic rings. The van der Waals surface area contributed by atoms with Gasteiger partial charge in [-0.3, -0.25) is 14.9 Å². The lowest BCUT2D eigenvalue weighted by Crippen LogP contribution is -2.30. The molecule has 0 saturated heterocycles. The van der Waals surface area contributed by atoms with Gasteiger partial charge in [0.2, 0.25) is 5.91 Å². The summed E-state index contributed by atoms with van der Waals surface area (Å²) in [6, 6.07) is 6.14. The summed E-state index contributed by atoms with van der Waals surface area (Å²) < 4.78 is 0. The molecule has 0 aliphatic carbocycles. The molecule has 1 aromatic carbocycles. The van der Waals surface area contributed by atoms with Crippen molar-refractivity contribution in [2.24, 2.45) is 0 Å². The number of benzene rings is 1. The van der Waals surface area contributed by atoms with Crippen molar-refractivity contribution < 1.29 is 9.72 Å². The zero-order chi connectivity index (χ0) is 20.1. The molecule has 1 amide bonds. The third-order valence-electron chi connectivity index (χ3n) is 4.71. The Balaban J connectivity index is 2.07. The molecule has 0 radical (unpaired) electrons. The van der Waals surface area contributed by atoms with E-state index in [1.54, 1.807) is 24.1 Å². The van der Waals surface area contributed by atoms with Gasteiger partial charge in [-0.05, 0) is 44.6 Å². The standard InChI is InChI=1S/C19H24N4O3S/c1-12-17(13(2)21-19(20-12)27-5)9-10-18(24)22(4)14(3)15-7-6-8-16(11-15)23(25)26/h6-8,11,14H,9-10H2,1-5H3/t14-/m1/s1. The highest BCUT2D eigenvalue weighted by Gasteiger charge is 2.20. The fourth-order valence-electron chi connectivity index (χ4n) is 2.91. The SMILES string of the molecule is CSc1nc(C)c(CCC(=O)N(C)[C@H](C)c2cccc([N+](=O)[O-])c2)c(C)n1. The summed E-state index contributed by atoms with van der Waals surface area (Å²) in [5.41, 5.74) is 3.55. The first kappa shape index (κ1) is 20.8. The van der Waals surface area contributed by atoms with Crippen molar-refractivity contribution in [2.45, 2.75) is 44.8 Å². The van der Waals surface area contributed by atoms with Crippen LogP contribution in [0.15, 0.2) is 29.4 Å². The van der Waals surface area contributed by atoms with E-state index in [2.05, 4.69) is 9.97 Å². The molecule has 2 rings (SSSR count). The molecular formula is C19H24N4O3S. The van der Waals surface area contributed by atoms with Crippen LogP contribution in [0, 0.1) is 24.0 Å². The van der Waals surface area contributed by atoms with Gasteiger partial charge in [-0.25, -0.2) is 9.97 Å². The van der Waals surface area contributed by atoms with E-state index in [1.807, 2.05) is 27.0 Å². The first-order valence-electron chi connectivity index (χ1n) is 8.62. The Hall–Kier alpha value is -2.48. The number of rotatable bonds is 7. The van der Waals surface area contributed by atoms with Gasteiger partial charge >= 0.3 is 0 Å². The Morgan fingerprint density at radius 3 is 2.48 bits per heavy atom. The number of nitro groups is 1. The second-order valence-electron chi connectivity index (χ2n) is 6.39. The average molecular weight is 388 g/mol. The summed E-state index contributed by atoms with van der Waals surface area (Å²) in [5, 5.41) is 11.7. The second-order valence-corrected chi connectivity index (χ2v) is 7.17. The fourth-order valence-corrected chi connectivity index (χ4v) is 3.36. The molecule has 0 fully saturated rings. The predicted octanol–water partition coefficient (Wildman–Crippen LogP) is 3.88. The van der Waals surface area contributed by atoms with Crippen LogP contribution in [0.3, 0.4) is 0 Å². The Bertz CT molecular complexity index is 834. The van der Waals surface area contributed by atoms with Crippen LogP contribution in [0.4, 0.5) is 5.69 Å². The number of aromatic nitrogens is 2. The molecule has 0 unspecified atom stereocenters. The average Bonchev–Trinajstić information content (AvgIpc) is 2.65. The highest BCUT2D eigenvalue weighted by molar-refractivity contribution is 7.98. The summed E-state index contributed by atoms with van der Waals surface area (Å²) in [4.78, 5) is 33.7. The normalized spacial score (nSPS) is 11.9. The summed E-state index contributed by atoms with van der Waals surface area (Å²) >= 11 is 1.49. The van der Waals surface area contributed by atoms with Gasteiger partial charge in [-0.2, -0.15) is 0 Å². The number of hydrogen-bond acceptors (Lipinski definition) is 6. The first-order valence-corrected chi connectivity index (χ1v) is 9.85. The van der Waals surface area contributed by atoms with E-state index in [-0.39, 0.29) is 17.6 Å². The monoisotopic (exact) mass is 388 g/mol. The predicted molar refractivity (Wildman–Crippen MR) is 106 cm³/mol. The van der Waals surface area contributed by atoms with E-state index in [0.717, 1.165) is 27.7 Å². The molecule has 7 nitrogen and oxygen atoms in total. The van der Waals surface area contributed by atoms with Crippen LogP contribution in [0.2, 0.25) is 0 Å². The zero-order valence-corrected chi connectivity index (χ0v) is 17.0. The van der Waals surface area contributed by atoms with Gasteiger partial charge < -0.3 is 4.90 Å². The number of nitrogens with zero attached hydrogens (tertiary/aromatic N) is 4. The highest BCUT2D eigenvalue weighted by Crippen LogP contribution is 2.24. The quantitative estimate of drug-likeness (QED) is 0.309. The van der Waals surface area contributed by atoms with Crippen LogP contribution in [-0.2, 0) is 11.2 Å². The van der Waals surface area contributed by atoms with Gasteiger partial charge in [-0.15, -0.1) is 0 Å². The number of hydrogen-bond donors (Lipinski definition) is 0. The molecule has 1 atom stereocenters. The van der Waals surface area contributed by atoms with Crippen molar-refractivity contribution >= 4 is 23.4 Å². The third kappa shape index (κ3) is 5.03. The first-order chi connectivity index (χ1) is 12.7. The van der Waals surface area contributed by atoms with Crippen molar-refractivity contribution in [2.75, 3.05) is 13.3 Å². The molecular weight excluding hydrogens is 364 g/mol. The van der Waals surface area contributed by atoms with Crippen LogP contribution in [0.1, 0.15) is 41.9 Å². The second kappa shape index (κ2) is 8.94. The Kier molecular flexibility index (Phi) is 6.90. The lowest BCUT2D eigenvalue weighted by atomic mass is 10.0. The van der Waals surface area contributed by atoms with E-state index >= 15 is 0 Å². The molecule has 1 aromatic heterocycles. The van der Waals surface area contributed by atoms with Gasteiger partial charge in [0, 0.05) is 37.0 Å². The third-order valence-corrected chi connectivity index (χ3v) is 5.26. The molecule has 0 bridgehead atoms. The van der Waals surface area contributed by atoms with Gasteiger partial charge in [0.25, 0.3) is 5.69 Å². The minimum Gasteiger partial charge on any atom is -0.339 e. The maximum absolute atomic E-state index is 12.6. The number of nitro benzene ring substituents is 1. The smallest absolute Gasteiger partial charge is 0.269 e. The molecule has 0 spiro atoms. The topological polar surface area (TPSA) is 89.2 Å². The Morgan fingerprint density at radius 2 is 1.93 bits per heavy atom. The number of thioether (sulfide) groups is 1. The van der Waals surface area contributed by atoms with Crippen molar-refractivity contribution in [3.05, 3.63) is 56.9 Å². The van der Waals surface area contributed by atoms with E-state index in [1.165, 1.54) is 23.9 Å². The van der Waals surface area contributed by atoms with Crippen molar-refractivity contribution in [1.29, 1.82) is 0 Å². The Labute approximate surface area is 163 Å². The maximum atomic E-state index is 12.6. The summed E-state index contributed by atoms with van der Waals surface area (Å²) in [7, 11) is 1.72. The minimum absolute atomic E-state index is 0.0254. The molecule has 27 heavy (non-hydrogen) atoms. The molecule has 8 heteroatoms.